The van der Waals surface area contributed by atoms with Gasteiger partial charge in [-0.1, -0.05) is 26.2 Å². The fraction of sp³-hybridized carbons (Fsp3) is 0.667. The number of hydrogen-bond donors (Lipinski definition) is 1. The van der Waals surface area contributed by atoms with Crippen molar-refractivity contribution in [2.75, 3.05) is 0 Å². The summed E-state index contributed by atoms with van der Waals surface area (Å²) in [6, 6.07) is 3.80. The molecule has 0 bridgehead atoms. The zero-order valence-electron chi connectivity index (χ0n) is 9.77. The standard InChI is InChI=1S/C12H15N3O2/c1-2-3-4-5-8-9(6-13)11(16)15-12(17)10(8)7-14/h8-10H,2-5H2,1H3,(H,15,16,17). The number of carbonyl (C=O) groups excluding carboxylic acids is 2. The van der Waals surface area contributed by atoms with Gasteiger partial charge in [-0.05, 0) is 6.42 Å². The lowest BCUT2D eigenvalue weighted by molar-refractivity contribution is -0.140. The number of piperidine rings is 1. The molecule has 0 spiro atoms. The van der Waals surface area contributed by atoms with Gasteiger partial charge in [0.25, 0.3) is 0 Å². The minimum atomic E-state index is -0.880. The third kappa shape index (κ3) is 2.82. The summed E-state index contributed by atoms with van der Waals surface area (Å²) in [7, 11) is 0. The van der Waals surface area contributed by atoms with Crippen LogP contribution in [0, 0.1) is 40.4 Å². The number of hydrogen-bond acceptors (Lipinski definition) is 4. The second-order valence-corrected chi connectivity index (χ2v) is 4.23. The highest BCUT2D eigenvalue weighted by molar-refractivity contribution is 6.02. The van der Waals surface area contributed by atoms with E-state index in [1.54, 1.807) is 0 Å². The van der Waals surface area contributed by atoms with Crippen LogP contribution in [0.15, 0.2) is 0 Å². The van der Waals surface area contributed by atoms with Gasteiger partial charge < -0.3 is 0 Å². The van der Waals surface area contributed by atoms with Crippen LogP contribution in [-0.4, -0.2) is 11.8 Å². The quantitative estimate of drug-likeness (QED) is 0.581. The third-order valence-corrected chi connectivity index (χ3v) is 3.09. The Morgan fingerprint density at radius 3 is 2.06 bits per heavy atom. The number of nitrogens with zero attached hydrogens (tertiary/aromatic N) is 2. The Morgan fingerprint density at radius 1 is 1.12 bits per heavy atom. The molecule has 1 aliphatic heterocycles. The average molecular weight is 233 g/mol. The molecule has 0 aromatic rings. The summed E-state index contributed by atoms with van der Waals surface area (Å²) in [5.41, 5.74) is 0. The van der Waals surface area contributed by atoms with Crippen molar-refractivity contribution in [3.8, 4) is 12.1 Å². The molecule has 1 rings (SSSR count). The van der Waals surface area contributed by atoms with E-state index in [1.807, 2.05) is 19.1 Å². The van der Waals surface area contributed by atoms with Crippen molar-refractivity contribution in [3.05, 3.63) is 0 Å². The van der Waals surface area contributed by atoms with Gasteiger partial charge in [0.1, 0.15) is 11.8 Å². The van der Waals surface area contributed by atoms with Gasteiger partial charge in [0, 0.05) is 5.92 Å². The molecule has 0 aromatic heterocycles. The van der Waals surface area contributed by atoms with Crippen LogP contribution in [0.25, 0.3) is 0 Å². The van der Waals surface area contributed by atoms with Crippen LogP contribution in [-0.2, 0) is 9.59 Å². The number of rotatable bonds is 4. The van der Waals surface area contributed by atoms with Gasteiger partial charge >= 0.3 is 0 Å². The first-order valence-corrected chi connectivity index (χ1v) is 5.79. The zero-order valence-corrected chi connectivity index (χ0v) is 9.77. The Morgan fingerprint density at radius 2 is 1.65 bits per heavy atom. The number of unbranched alkanes of at least 4 members (excludes halogenated alkanes) is 2. The molecule has 1 N–H and O–H groups in total. The highest BCUT2D eigenvalue weighted by Gasteiger charge is 2.43. The van der Waals surface area contributed by atoms with Crippen molar-refractivity contribution in [2.45, 2.75) is 32.6 Å². The lowest BCUT2D eigenvalue weighted by atomic mass is 9.76. The number of amides is 2. The van der Waals surface area contributed by atoms with E-state index < -0.39 is 29.6 Å². The molecule has 1 fully saturated rings. The molecule has 1 heterocycles. The molecule has 2 unspecified atom stereocenters. The van der Waals surface area contributed by atoms with E-state index in [4.69, 9.17) is 10.5 Å². The van der Waals surface area contributed by atoms with Crippen molar-refractivity contribution in [2.24, 2.45) is 17.8 Å². The van der Waals surface area contributed by atoms with Gasteiger partial charge in [-0.2, -0.15) is 10.5 Å². The third-order valence-electron chi connectivity index (χ3n) is 3.09. The SMILES string of the molecule is CCCCCC1C(C#N)C(=O)NC(=O)C1C#N. The maximum Gasteiger partial charge on any atom is 0.244 e. The van der Waals surface area contributed by atoms with Crippen molar-refractivity contribution >= 4 is 11.8 Å². The van der Waals surface area contributed by atoms with E-state index in [0.717, 1.165) is 19.3 Å². The molecule has 2 amide bonds. The number of nitrogens with one attached hydrogen (secondary N) is 1. The second kappa shape index (κ2) is 6.00. The largest absolute Gasteiger partial charge is 0.294 e. The maximum atomic E-state index is 11.5. The number of nitriles is 2. The molecule has 1 aliphatic rings. The molecular formula is C12H15N3O2. The van der Waals surface area contributed by atoms with Crippen LogP contribution in [0.2, 0.25) is 0 Å². The summed E-state index contributed by atoms with van der Waals surface area (Å²) in [5, 5.41) is 20.0. The van der Waals surface area contributed by atoms with Gasteiger partial charge in [0.05, 0.1) is 12.1 Å². The van der Waals surface area contributed by atoms with Crippen LogP contribution >= 0.6 is 0 Å². The molecule has 0 saturated carbocycles. The second-order valence-electron chi connectivity index (χ2n) is 4.23. The topological polar surface area (TPSA) is 93.8 Å². The summed E-state index contributed by atoms with van der Waals surface area (Å²) >= 11 is 0. The summed E-state index contributed by atoms with van der Waals surface area (Å²) in [4.78, 5) is 23.0. The van der Waals surface area contributed by atoms with Crippen LogP contribution in [0.4, 0.5) is 0 Å². The number of carbonyl (C=O) groups is 2. The first-order valence-electron chi connectivity index (χ1n) is 5.79. The predicted molar refractivity (Wildman–Crippen MR) is 59.0 cm³/mol. The predicted octanol–water partition coefficient (Wildman–Crippen LogP) is 1.12. The van der Waals surface area contributed by atoms with Gasteiger partial charge in [0.2, 0.25) is 11.8 Å². The smallest absolute Gasteiger partial charge is 0.244 e. The Bertz CT molecular complexity index is 360. The first kappa shape index (κ1) is 13.2. The molecule has 1 saturated heterocycles. The highest BCUT2D eigenvalue weighted by atomic mass is 16.2. The monoisotopic (exact) mass is 233 g/mol. The summed E-state index contributed by atoms with van der Waals surface area (Å²) in [6.07, 6.45) is 3.39. The van der Waals surface area contributed by atoms with E-state index >= 15 is 0 Å². The fourth-order valence-electron chi connectivity index (χ4n) is 2.13. The Balaban J connectivity index is 2.83. The summed E-state index contributed by atoms with van der Waals surface area (Å²) < 4.78 is 0. The van der Waals surface area contributed by atoms with E-state index in [1.165, 1.54) is 0 Å². The van der Waals surface area contributed by atoms with Crippen LogP contribution in [0.1, 0.15) is 32.6 Å². The van der Waals surface area contributed by atoms with Gasteiger partial charge in [0.15, 0.2) is 0 Å². The molecule has 5 heteroatoms. The first-order chi connectivity index (χ1) is 8.15. The maximum absolute atomic E-state index is 11.5. The average Bonchev–Trinajstić information content (AvgIpc) is 2.29. The zero-order chi connectivity index (χ0) is 12.8. The van der Waals surface area contributed by atoms with E-state index in [-0.39, 0.29) is 0 Å². The molecule has 0 aromatic carbocycles. The van der Waals surface area contributed by atoms with E-state index in [2.05, 4.69) is 5.32 Å². The van der Waals surface area contributed by atoms with Crippen LogP contribution < -0.4 is 5.32 Å². The van der Waals surface area contributed by atoms with Gasteiger partial charge in [-0.3, -0.25) is 14.9 Å². The van der Waals surface area contributed by atoms with Gasteiger partial charge in [-0.15, -0.1) is 0 Å². The van der Waals surface area contributed by atoms with Crippen molar-refractivity contribution in [1.82, 2.24) is 5.32 Å². The molecule has 17 heavy (non-hydrogen) atoms. The molecule has 2 atom stereocenters. The number of imide groups is 1. The molecular weight excluding hydrogens is 218 g/mol. The van der Waals surface area contributed by atoms with Crippen molar-refractivity contribution in [1.29, 1.82) is 10.5 Å². The Kier molecular flexibility index (Phi) is 4.66. The van der Waals surface area contributed by atoms with E-state index in [9.17, 15) is 9.59 Å². The van der Waals surface area contributed by atoms with Crippen LogP contribution in [0.5, 0.6) is 0 Å². The summed E-state index contributed by atoms with van der Waals surface area (Å²) in [5.74, 6) is -3.35. The van der Waals surface area contributed by atoms with Crippen LogP contribution in [0.3, 0.4) is 0 Å². The molecule has 90 valence electrons. The highest BCUT2D eigenvalue weighted by Crippen LogP contribution is 2.30. The minimum absolute atomic E-state index is 0.460. The normalized spacial score (nSPS) is 28.1. The Hall–Kier alpha value is -1.88. The molecule has 5 nitrogen and oxygen atoms in total. The fourth-order valence-corrected chi connectivity index (χ4v) is 2.13. The summed E-state index contributed by atoms with van der Waals surface area (Å²) in [6.45, 7) is 2.04. The van der Waals surface area contributed by atoms with Gasteiger partial charge in [-0.25, -0.2) is 0 Å². The van der Waals surface area contributed by atoms with Crippen molar-refractivity contribution in [3.63, 3.8) is 0 Å². The van der Waals surface area contributed by atoms with E-state index in [0.29, 0.717) is 6.42 Å². The molecule has 0 radical (unpaired) electrons. The molecule has 0 aliphatic carbocycles. The lowest BCUT2D eigenvalue weighted by Crippen LogP contribution is -2.50. The Labute approximate surface area is 100 Å². The van der Waals surface area contributed by atoms with Crippen molar-refractivity contribution < 1.29 is 9.59 Å². The lowest BCUT2D eigenvalue weighted by Gasteiger charge is -2.29. The minimum Gasteiger partial charge on any atom is -0.294 e.